The van der Waals surface area contributed by atoms with Crippen LogP contribution in [-0.4, -0.2) is 35.8 Å². The summed E-state index contributed by atoms with van der Waals surface area (Å²) in [6, 6.07) is 6.77. The van der Waals surface area contributed by atoms with E-state index < -0.39 is 0 Å². The average Bonchev–Trinajstić information content (AvgIpc) is 3.55. The van der Waals surface area contributed by atoms with Gasteiger partial charge in [-0.05, 0) is 86.6 Å². The van der Waals surface area contributed by atoms with Gasteiger partial charge in [-0.15, -0.1) is 0 Å². The number of likely N-dealkylation sites (tertiary alicyclic amines) is 1. The molecular formula is C26H35N3. The Labute approximate surface area is 176 Å². The molecule has 2 fully saturated rings. The third-order valence-corrected chi connectivity index (χ3v) is 7.12. The van der Waals surface area contributed by atoms with E-state index in [-0.39, 0.29) is 0 Å². The van der Waals surface area contributed by atoms with Crippen LogP contribution in [0.5, 0.6) is 0 Å². The van der Waals surface area contributed by atoms with Crippen LogP contribution < -0.4 is 0 Å². The van der Waals surface area contributed by atoms with Crippen LogP contribution in [0.25, 0.3) is 0 Å². The number of hydrogen-bond acceptors (Lipinski definition) is 2. The van der Waals surface area contributed by atoms with Crippen LogP contribution in [0.1, 0.15) is 61.6 Å². The molecule has 4 rings (SSSR count). The first-order chi connectivity index (χ1) is 14.0. The molecule has 1 saturated carbocycles. The van der Waals surface area contributed by atoms with Gasteiger partial charge in [0.15, 0.2) is 0 Å². The lowest BCUT2D eigenvalue weighted by molar-refractivity contribution is 0.266. The zero-order valence-electron chi connectivity index (χ0n) is 18.5. The molecule has 0 atom stereocenters. The second-order valence-electron chi connectivity index (χ2n) is 8.98. The van der Waals surface area contributed by atoms with Gasteiger partial charge in [0.1, 0.15) is 5.84 Å². The van der Waals surface area contributed by atoms with Gasteiger partial charge in [-0.2, -0.15) is 0 Å². The molecule has 29 heavy (non-hydrogen) atoms. The van der Waals surface area contributed by atoms with Crippen molar-refractivity contribution in [3.63, 3.8) is 0 Å². The van der Waals surface area contributed by atoms with Crippen molar-refractivity contribution in [1.29, 1.82) is 0 Å². The number of allylic oxidation sites excluding steroid dienone is 2. The van der Waals surface area contributed by atoms with E-state index in [1.807, 2.05) is 7.05 Å². The number of rotatable bonds is 4. The highest BCUT2D eigenvalue weighted by Gasteiger charge is 2.29. The highest BCUT2D eigenvalue weighted by Crippen LogP contribution is 2.37. The normalized spacial score (nSPS) is 21.4. The summed E-state index contributed by atoms with van der Waals surface area (Å²) < 4.78 is 0. The van der Waals surface area contributed by atoms with Gasteiger partial charge in [-0.25, -0.2) is 0 Å². The monoisotopic (exact) mass is 389 g/mol. The van der Waals surface area contributed by atoms with Crippen LogP contribution in [0.15, 0.2) is 59.0 Å². The van der Waals surface area contributed by atoms with Gasteiger partial charge in [-0.1, -0.05) is 24.8 Å². The van der Waals surface area contributed by atoms with Crippen LogP contribution in [-0.2, 0) is 0 Å². The van der Waals surface area contributed by atoms with Gasteiger partial charge in [0.05, 0.1) is 0 Å². The maximum atomic E-state index is 4.57. The Kier molecular flexibility index (Phi) is 5.67. The van der Waals surface area contributed by atoms with E-state index in [0.717, 1.165) is 37.0 Å². The van der Waals surface area contributed by atoms with Gasteiger partial charge in [-0.3, -0.25) is 4.99 Å². The van der Waals surface area contributed by atoms with E-state index in [2.05, 4.69) is 72.6 Å². The molecule has 0 bridgehead atoms. The Morgan fingerprint density at radius 2 is 1.83 bits per heavy atom. The Bertz CT molecular complexity index is 877. The molecule has 2 aliphatic heterocycles. The standard InChI is InChI=1S/C26H35N3/c1-18-7-6-8-24(19(18)2)23-11-14-28(15-12-23)25-13-16-29(21(4)20(25)3)26(27-5)17-22-9-10-22/h6-8,13,16,22-23H,4,9-12,14-15,17H2,1-3,5H3. The Morgan fingerprint density at radius 1 is 1.10 bits per heavy atom. The molecule has 0 N–H and O–H groups in total. The number of hydrogen-bond donors (Lipinski definition) is 0. The maximum Gasteiger partial charge on any atom is 0.107 e. The van der Waals surface area contributed by atoms with Crippen LogP contribution >= 0.6 is 0 Å². The highest BCUT2D eigenvalue weighted by molar-refractivity contribution is 5.86. The minimum atomic E-state index is 0.677. The number of nitrogens with zero attached hydrogens (tertiary/aromatic N) is 3. The van der Waals surface area contributed by atoms with Crippen molar-refractivity contribution in [2.24, 2.45) is 10.9 Å². The third-order valence-electron chi connectivity index (χ3n) is 7.12. The molecule has 3 aliphatic rings. The van der Waals surface area contributed by atoms with E-state index in [0.29, 0.717) is 5.92 Å². The summed E-state index contributed by atoms with van der Waals surface area (Å²) in [6.45, 7) is 13.4. The smallest absolute Gasteiger partial charge is 0.107 e. The van der Waals surface area contributed by atoms with Crippen molar-refractivity contribution in [3.05, 3.63) is 70.7 Å². The summed E-state index contributed by atoms with van der Waals surface area (Å²) in [6.07, 6.45) is 10.7. The first-order valence-corrected chi connectivity index (χ1v) is 11.1. The van der Waals surface area contributed by atoms with Crippen molar-refractivity contribution in [3.8, 4) is 0 Å². The number of aliphatic imine (C=N–C) groups is 1. The zero-order chi connectivity index (χ0) is 20.5. The molecule has 3 nitrogen and oxygen atoms in total. The average molecular weight is 390 g/mol. The largest absolute Gasteiger partial charge is 0.371 e. The quantitative estimate of drug-likeness (QED) is 0.469. The van der Waals surface area contributed by atoms with E-state index in [1.54, 1.807) is 5.56 Å². The molecule has 154 valence electrons. The zero-order valence-corrected chi connectivity index (χ0v) is 18.5. The number of amidine groups is 1. The Morgan fingerprint density at radius 3 is 2.48 bits per heavy atom. The lowest BCUT2D eigenvalue weighted by atomic mass is 9.85. The predicted octanol–water partition coefficient (Wildman–Crippen LogP) is 5.93. The number of benzene rings is 1. The van der Waals surface area contributed by atoms with E-state index in [4.69, 9.17) is 0 Å². The predicted molar refractivity (Wildman–Crippen MR) is 123 cm³/mol. The first-order valence-electron chi connectivity index (χ1n) is 11.1. The molecule has 1 saturated heterocycles. The number of aryl methyl sites for hydroxylation is 1. The fourth-order valence-corrected chi connectivity index (χ4v) is 4.80. The van der Waals surface area contributed by atoms with Crippen molar-refractivity contribution >= 4 is 5.84 Å². The fourth-order valence-electron chi connectivity index (χ4n) is 4.80. The van der Waals surface area contributed by atoms with E-state index >= 15 is 0 Å². The SMILES string of the molecule is C=C1C(C)=C(N2CCC(c3cccc(C)c3C)CC2)C=CN1C(CC1CC1)=NC. The van der Waals surface area contributed by atoms with Crippen molar-refractivity contribution in [2.75, 3.05) is 20.1 Å². The van der Waals surface area contributed by atoms with Crippen LogP contribution in [0.3, 0.4) is 0 Å². The maximum absolute atomic E-state index is 4.57. The first kappa shape index (κ1) is 20.0. The van der Waals surface area contributed by atoms with Crippen molar-refractivity contribution < 1.29 is 0 Å². The topological polar surface area (TPSA) is 18.8 Å². The molecule has 0 radical (unpaired) electrons. The lowest BCUT2D eigenvalue weighted by Crippen LogP contribution is -2.36. The van der Waals surface area contributed by atoms with E-state index in [1.165, 1.54) is 48.1 Å². The Hall–Kier alpha value is -2.29. The second-order valence-corrected chi connectivity index (χ2v) is 8.98. The van der Waals surface area contributed by atoms with Crippen molar-refractivity contribution in [1.82, 2.24) is 9.80 Å². The summed E-state index contributed by atoms with van der Waals surface area (Å²) in [5.41, 5.74) is 8.15. The van der Waals surface area contributed by atoms with Gasteiger partial charge < -0.3 is 9.80 Å². The summed E-state index contributed by atoms with van der Waals surface area (Å²) in [7, 11) is 1.91. The summed E-state index contributed by atoms with van der Waals surface area (Å²) >= 11 is 0. The van der Waals surface area contributed by atoms with Gasteiger partial charge in [0.2, 0.25) is 0 Å². The van der Waals surface area contributed by atoms with Crippen molar-refractivity contribution in [2.45, 2.75) is 58.8 Å². The second kappa shape index (κ2) is 8.22. The highest BCUT2D eigenvalue weighted by atomic mass is 15.2. The molecule has 1 aliphatic carbocycles. The van der Waals surface area contributed by atoms with Crippen LogP contribution in [0.4, 0.5) is 0 Å². The number of piperidine rings is 1. The Balaban J connectivity index is 1.44. The molecule has 0 amide bonds. The molecule has 3 heteroatoms. The van der Waals surface area contributed by atoms with E-state index in [9.17, 15) is 0 Å². The van der Waals surface area contributed by atoms with Crippen LogP contribution in [0, 0.1) is 19.8 Å². The minimum absolute atomic E-state index is 0.677. The molecular weight excluding hydrogens is 354 g/mol. The molecule has 2 heterocycles. The summed E-state index contributed by atoms with van der Waals surface area (Å²) in [5.74, 6) is 2.65. The molecule has 1 aromatic carbocycles. The molecule has 0 unspecified atom stereocenters. The summed E-state index contributed by atoms with van der Waals surface area (Å²) in [4.78, 5) is 9.33. The fraction of sp³-hybridized carbons (Fsp3) is 0.500. The molecule has 1 aromatic rings. The van der Waals surface area contributed by atoms with Crippen LogP contribution in [0.2, 0.25) is 0 Å². The van der Waals surface area contributed by atoms with Gasteiger partial charge in [0, 0.05) is 44.2 Å². The summed E-state index contributed by atoms with van der Waals surface area (Å²) in [5, 5.41) is 0. The molecule has 0 aromatic heterocycles. The minimum Gasteiger partial charge on any atom is -0.371 e. The van der Waals surface area contributed by atoms with Gasteiger partial charge >= 0.3 is 0 Å². The lowest BCUT2D eigenvalue weighted by Gasteiger charge is -2.38. The molecule has 0 spiro atoms. The third kappa shape index (κ3) is 4.05. The van der Waals surface area contributed by atoms with Gasteiger partial charge in [0.25, 0.3) is 0 Å².